The van der Waals surface area contributed by atoms with E-state index in [9.17, 15) is 4.79 Å². The van der Waals surface area contributed by atoms with E-state index in [2.05, 4.69) is 10.3 Å². The molecule has 0 radical (unpaired) electrons. The third-order valence-corrected chi connectivity index (χ3v) is 4.08. The maximum Gasteiger partial charge on any atom is 0.287 e. The Bertz CT molecular complexity index is 576. The number of thioether (sulfide) groups is 1. The van der Waals surface area contributed by atoms with Crippen LogP contribution >= 0.6 is 11.8 Å². The predicted octanol–water partition coefficient (Wildman–Crippen LogP) is 2.83. The summed E-state index contributed by atoms with van der Waals surface area (Å²) in [5.41, 5.74) is 0. The van der Waals surface area contributed by atoms with Gasteiger partial charge in [0.25, 0.3) is 5.91 Å². The third kappa shape index (κ3) is 3.66. The minimum Gasteiger partial charge on any atom is -0.455 e. The van der Waals surface area contributed by atoms with Crippen LogP contribution in [0.5, 0.6) is 0 Å². The molecule has 1 atom stereocenters. The number of aromatic nitrogens is 2. The van der Waals surface area contributed by atoms with Crippen LogP contribution < -0.4 is 5.32 Å². The topological polar surface area (TPSA) is 60.1 Å². The molecule has 2 heterocycles. The summed E-state index contributed by atoms with van der Waals surface area (Å²) in [6.45, 7) is 4.00. The number of furan rings is 1. The van der Waals surface area contributed by atoms with E-state index >= 15 is 0 Å². The molecule has 0 aliphatic heterocycles. The van der Waals surface area contributed by atoms with E-state index in [1.807, 2.05) is 37.7 Å². The summed E-state index contributed by atoms with van der Waals surface area (Å²) in [6.07, 6.45) is 4.55. The molecule has 108 valence electrons. The van der Waals surface area contributed by atoms with Crippen molar-refractivity contribution in [3.8, 4) is 0 Å². The molecular weight excluding hydrogens is 274 g/mol. The van der Waals surface area contributed by atoms with Crippen molar-refractivity contribution in [3.63, 3.8) is 0 Å². The Hall–Kier alpha value is -1.69. The average molecular weight is 293 g/mol. The molecule has 5 nitrogen and oxygen atoms in total. The third-order valence-electron chi connectivity index (χ3n) is 3.00. The highest BCUT2D eigenvalue weighted by Gasteiger charge is 2.13. The molecule has 1 amide bonds. The minimum atomic E-state index is -0.160. The molecule has 0 saturated heterocycles. The summed E-state index contributed by atoms with van der Waals surface area (Å²) < 4.78 is 7.51. The molecule has 0 aliphatic rings. The largest absolute Gasteiger partial charge is 0.455 e. The first-order valence-electron chi connectivity index (χ1n) is 6.59. The minimum absolute atomic E-state index is 0.151. The first-order chi connectivity index (χ1) is 9.60. The second kappa shape index (κ2) is 6.65. The fourth-order valence-electron chi connectivity index (χ4n) is 1.60. The molecule has 0 fully saturated rings. The van der Waals surface area contributed by atoms with Crippen LogP contribution in [0.15, 0.2) is 34.1 Å². The van der Waals surface area contributed by atoms with Gasteiger partial charge < -0.3 is 14.3 Å². The number of nitrogens with one attached hydrogen (secondary N) is 1. The summed E-state index contributed by atoms with van der Waals surface area (Å²) in [6, 6.07) is 3.70. The first kappa shape index (κ1) is 14.7. The number of imidazole rings is 1. The summed E-state index contributed by atoms with van der Waals surface area (Å²) in [5, 5.41) is 3.81. The molecule has 0 bridgehead atoms. The van der Waals surface area contributed by atoms with Crippen LogP contribution in [0, 0.1) is 0 Å². The van der Waals surface area contributed by atoms with Gasteiger partial charge in [0.2, 0.25) is 0 Å². The molecule has 2 rings (SSSR count). The number of nitrogens with zero attached hydrogens (tertiary/aromatic N) is 2. The van der Waals surface area contributed by atoms with Crippen LogP contribution in [0.25, 0.3) is 0 Å². The van der Waals surface area contributed by atoms with E-state index in [0.29, 0.717) is 11.5 Å². The Labute approximate surface area is 122 Å². The smallest absolute Gasteiger partial charge is 0.287 e. The quantitative estimate of drug-likeness (QED) is 0.832. The van der Waals surface area contributed by atoms with E-state index in [1.54, 1.807) is 24.0 Å². The standard InChI is InChI=1S/C14H19N3O2S/c1-4-10(2)16-13(18)12-6-5-11(19-12)9-20-14-15-7-8-17(14)3/h5-8,10H,4,9H2,1-3H3,(H,16,18). The lowest BCUT2D eigenvalue weighted by molar-refractivity contribution is 0.0910. The number of amides is 1. The molecule has 0 aliphatic carbocycles. The van der Waals surface area contributed by atoms with E-state index in [-0.39, 0.29) is 11.9 Å². The molecule has 20 heavy (non-hydrogen) atoms. The fourth-order valence-corrected chi connectivity index (χ4v) is 2.43. The van der Waals surface area contributed by atoms with Gasteiger partial charge in [-0.2, -0.15) is 0 Å². The first-order valence-corrected chi connectivity index (χ1v) is 7.58. The predicted molar refractivity (Wildman–Crippen MR) is 78.7 cm³/mol. The van der Waals surface area contributed by atoms with Crippen LogP contribution in [0.2, 0.25) is 0 Å². The van der Waals surface area contributed by atoms with E-state index in [0.717, 1.165) is 17.3 Å². The number of aryl methyl sites for hydroxylation is 1. The van der Waals surface area contributed by atoms with E-state index in [4.69, 9.17) is 4.42 Å². The molecule has 6 heteroatoms. The number of carbonyl (C=O) groups is 1. The molecule has 0 aromatic carbocycles. The van der Waals surface area contributed by atoms with Gasteiger partial charge >= 0.3 is 0 Å². The summed E-state index contributed by atoms with van der Waals surface area (Å²) >= 11 is 1.58. The van der Waals surface area contributed by atoms with Gasteiger partial charge in [0.05, 0.1) is 5.75 Å². The van der Waals surface area contributed by atoms with Crippen molar-refractivity contribution in [1.82, 2.24) is 14.9 Å². The van der Waals surface area contributed by atoms with Crippen LogP contribution in [-0.2, 0) is 12.8 Å². The van der Waals surface area contributed by atoms with Crippen molar-refractivity contribution in [2.24, 2.45) is 7.05 Å². The lowest BCUT2D eigenvalue weighted by Crippen LogP contribution is -2.31. The maximum atomic E-state index is 11.9. The molecular formula is C14H19N3O2S. The van der Waals surface area contributed by atoms with E-state index < -0.39 is 0 Å². The monoisotopic (exact) mass is 293 g/mol. The van der Waals surface area contributed by atoms with Crippen molar-refractivity contribution < 1.29 is 9.21 Å². The van der Waals surface area contributed by atoms with Gasteiger partial charge in [-0.15, -0.1) is 0 Å². The Kier molecular flexibility index (Phi) is 4.89. The lowest BCUT2D eigenvalue weighted by Gasteiger charge is -2.09. The number of hydrogen-bond acceptors (Lipinski definition) is 4. The Morgan fingerprint density at radius 1 is 1.55 bits per heavy atom. The van der Waals surface area contributed by atoms with Gasteiger partial charge in [0.15, 0.2) is 10.9 Å². The second-order valence-corrected chi connectivity index (χ2v) is 5.60. The molecule has 2 aromatic rings. The van der Waals surface area contributed by atoms with Crippen LogP contribution in [0.4, 0.5) is 0 Å². The van der Waals surface area contributed by atoms with Crippen molar-refractivity contribution >= 4 is 17.7 Å². The molecule has 2 aromatic heterocycles. The Morgan fingerprint density at radius 2 is 2.35 bits per heavy atom. The summed E-state index contributed by atoms with van der Waals surface area (Å²) in [7, 11) is 1.95. The van der Waals surface area contributed by atoms with Gasteiger partial charge in [-0.05, 0) is 25.5 Å². The zero-order valence-corrected chi connectivity index (χ0v) is 12.7. The van der Waals surface area contributed by atoms with Crippen molar-refractivity contribution in [1.29, 1.82) is 0 Å². The van der Waals surface area contributed by atoms with Crippen LogP contribution in [0.3, 0.4) is 0 Å². The summed E-state index contributed by atoms with van der Waals surface area (Å²) in [5.74, 6) is 1.63. The Balaban J connectivity index is 1.92. The summed E-state index contributed by atoms with van der Waals surface area (Å²) in [4.78, 5) is 16.1. The Morgan fingerprint density at radius 3 is 3.00 bits per heavy atom. The van der Waals surface area contributed by atoms with Gasteiger partial charge in [-0.25, -0.2) is 4.98 Å². The highest BCUT2D eigenvalue weighted by Crippen LogP contribution is 2.21. The molecule has 0 saturated carbocycles. The fraction of sp³-hybridized carbons (Fsp3) is 0.429. The van der Waals surface area contributed by atoms with Crippen LogP contribution in [0.1, 0.15) is 36.6 Å². The highest BCUT2D eigenvalue weighted by molar-refractivity contribution is 7.98. The zero-order chi connectivity index (χ0) is 14.5. The molecule has 1 N–H and O–H groups in total. The van der Waals surface area contributed by atoms with Crippen molar-refractivity contribution in [2.45, 2.75) is 37.2 Å². The van der Waals surface area contributed by atoms with Crippen molar-refractivity contribution in [3.05, 3.63) is 36.0 Å². The van der Waals surface area contributed by atoms with E-state index in [1.165, 1.54) is 0 Å². The normalized spacial score (nSPS) is 12.3. The van der Waals surface area contributed by atoms with Crippen molar-refractivity contribution in [2.75, 3.05) is 0 Å². The molecule has 0 spiro atoms. The SMILES string of the molecule is CCC(C)NC(=O)c1ccc(CSc2nccn2C)o1. The van der Waals surface area contributed by atoms with Crippen LogP contribution in [-0.4, -0.2) is 21.5 Å². The average Bonchev–Trinajstić information content (AvgIpc) is 3.05. The number of carbonyl (C=O) groups excluding carboxylic acids is 1. The number of hydrogen-bond donors (Lipinski definition) is 1. The number of rotatable bonds is 6. The lowest BCUT2D eigenvalue weighted by atomic mass is 10.2. The van der Waals surface area contributed by atoms with Gasteiger partial charge in [0.1, 0.15) is 5.76 Å². The molecule has 1 unspecified atom stereocenters. The zero-order valence-electron chi connectivity index (χ0n) is 11.9. The van der Waals surface area contributed by atoms with Gasteiger partial charge in [-0.3, -0.25) is 4.79 Å². The van der Waals surface area contributed by atoms with Gasteiger partial charge in [-0.1, -0.05) is 18.7 Å². The second-order valence-electron chi connectivity index (χ2n) is 4.66. The van der Waals surface area contributed by atoms with Gasteiger partial charge in [0, 0.05) is 25.5 Å². The maximum absolute atomic E-state index is 11.9. The highest BCUT2D eigenvalue weighted by atomic mass is 32.2.